The topological polar surface area (TPSA) is 37.3 Å². The summed E-state index contributed by atoms with van der Waals surface area (Å²) in [6, 6.07) is 8.14. The van der Waals surface area contributed by atoms with Gasteiger partial charge < -0.3 is 14.8 Å². The van der Waals surface area contributed by atoms with Gasteiger partial charge in [0.15, 0.2) is 0 Å². The molecule has 1 aromatic heterocycles. The first-order chi connectivity index (χ1) is 11.1. The highest BCUT2D eigenvalue weighted by Gasteiger charge is 2.30. The molecule has 3 rings (SSSR count). The number of hydrogen-bond donors (Lipinski definition) is 1. The summed E-state index contributed by atoms with van der Waals surface area (Å²) in [4.78, 5) is 14.5. The second-order valence-corrected chi connectivity index (χ2v) is 6.09. The molecule has 1 N–H and O–H groups in total. The Bertz CT molecular complexity index is 716. The predicted octanol–water partition coefficient (Wildman–Crippen LogP) is 4.67. The molecule has 0 fully saturated rings. The van der Waals surface area contributed by atoms with Gasteiger partial charge in [0.05, 0.1) is 11.1 Å². The molecular weight excluding hydrogens is 317 g/mol. The first-order valence-corrected chi connectivity index (χ1v) is 8.15. The molecule has 4 nitrogen and oxygen atoms in total. The Morgan fingerprint density at radius 2 is 2.22 bits per heavy atom. The third kappa shape index (κ3) is 3.20. The molecule has 23 heavy (non-hydrogen) atoms. The third-order valence-corrected chi connectivity index (χ3v) is 4.45. The monoisotopic (exact) mass is 335 g/mol. The van der Waals surface area contributed by atoms with Crippen molar-refractivity contribution in [1.29, 1.82) is 0 Å². The quantitative estimate of drug-likeness (QED) is 0.869. The van der Waals surface area contributed by atoms with Crippen molar-refractivity contribution in [1.82, 2.24) is 9.47 Å². The summed E-state index contributed by atoms with van der Waals surface area (Å²) < 4.78 is 15.4. The predicted molar refractivity (Wildman–Crippen MR) is 89.2 cm³/mol. The zero-order chi connectivity index (χ0) is 16.4. The van der Waals surface area contributed by atoms with Crippen molar-refractivity contribution in [2.75, 3.05) is 11.9 Å². The highest BCUT2D eigenvalue weighted by Crippen LogP contribution is 2.30. The van der Waals surface area contributed by atoms with Crippen LogP contribution in [0.15, 0.2) is 36.5 Å². The van der Waals surface area contributed by atoms with Crippen LogP contribution in [0.2, 0.25) is 5.02 Å². The van der Waals surface area contributed by atoms with Crippen LogP contribution in [-0.4, -0.2) is 22.0 Å². The normalized spacial score (nSPS) is 17.0. The van der Waals surface area contributed by atoms with Crippen LogP contribution in [0, 0.1) is 5.82 Å². The van der Waals surface area contributed by atoms with Gasteiger partial charge in [-0.2, -0.15) is 0 Å². The molecule has 1 aromatic carbocycles. The molecule has 0 aliphatic carbocycles. The first-order valence-electron chi connectivity index (χ1n) is 7.78. The lowest BCUT2D eigenvalue weighted by atomic mass is 10.0. The fourth-order valence-electron chi connectivity index (χ4n) is 3.05. The van der Waals surface area contributed by atoms with E-state index >= 15 is 0 Å². The van der Waals surface area contributed by atoms with Crippen molar-refractivity contribution < 1.29 is 9.18 Å². The van der Waals surface area contributed by atoms with Crippen LogP contribution in [0.1, 0.15) is 31.5 Å². The van der Waals surface area contributed by atoms with Gasteiger partial charge in [0.1, 0.15) is 5.82 Å². The number of rotatable bonds is 3. The maximum Gasteiger partial charge on any atom is 0.322 e. The lowest BCUT2D eigenvalue weighted by Gasteiger charge is -2.37. The van der Waals surface area contributed by atoms with E-state index in [1.807, 2.05) is 17.2 Å². The zero-order valence-corrected chi connectivity index (χ0v) is 13.7. The van der Waals surface area contributed by atoms with Gasteiger partial charge in [-0.15, -0.1) is 0 Å². The van der Waals surface area contributed by atoms with Crippen LogP contribution in [0.25, 0.3) is 0 Å². The molecule has 0 saturated heterocycles. The van der Waals surface area contributed by atoms with Gasteiger partial charge in [-0.1, -0.05) is 24.9 Å². The summed E-state index contributed by atoms with van der Waals surface area (Å²) in [6.07, 6.45) is 3.94. The van der Waals surface area contributed by atoms with Crippen molar-refractivity contribution in [3.8, 4) is 0 Å². The largest absolute Gasteiger partial charge is 0.348 e. The van der Waals surface area contributed by atoms with Crippen LogP contribution in [0.5, 0.6) is 0 Å². The number of carbonyl (C=O) groups excluding carboxylic acids is 1. The van der Waals surface area contributed by atoms with Crippen molar-refractivity contribution in [3.05, 3.63) is 53.1 Å². The molecule has 1 aliphatic rings. The van der Waals surface area contributed by atoms with Crippen LogP contribution in [0.3, 0.4) is 0 Å². The standard InChI is InChI=1S/C17H19ClFN3O/c1-2-4-16-15-5-3-8-21(15)9-10-22(16)17(23)20-12-6-7-14(19)13(18)11-12/h3,5-8,11,16H,2,4,9-10H2,1H3,(H,20,23)/t16-/m1/s1. The van der Waals surface area contributed by atoms with Crippen molar-refractivity contribution in [3.63, 3.8) is 0 Å². The molecule has 0 saturated carbocycles. The Kier molecular flexibility index (Phi) is 4.57. The van der Waals surface area contributed by atoms with Gasteiger partial charge >= 0.3 is 6.03 Å². The number of fused-ring (bicyclic) bond motifs is 1. The number of aromatic nitrogens is 1. The molecule has 1 aliphatic heterocycles. The lowest BCUT2D eigenvalue weighted by molar-refractivity contribution is 0.163. The van der Waals surface area contributed by atoms with Gasteiger partial charge in [0, 0.05) is 30.7 Å². The van der Waals surface area contributed by atoms with Crippen LogP contribution >= 0.6 is 11.6 Å². The minimum absolute atomic E-state index is 0.000397. The van der Waals surface area contributed by atoms with Crippen LogP contribution in [-0.2, 0) is 6.54 Å². The van der Waals surface area contributed by atoms with Gasteiger partial charge in [0.2, 0.25) is 0 Å². The SMILES string of the molecule is CCC[C@@H]1c2cccn2CCN1C(=O)Nc1ccc(F)c(Cl)c1. The van der Waals surface area contributed by atoms with E-state index in [-0.39, 0.29) is 17.1 Å². The average Bonchev–Trinajstić information content (AvgIpc) is 3.00. The summed E-state index contributed by atoms with van der Waals surface area (Å²) in [7, 11) is 0. The third-order valence-electron chi connectivity index (χ3n) is 4.16. The van der Waals surface area contributed by atoms with Gasteiger partial charge in [-0.05, 0) is 36.8 Å². The number of carbonyl (C=O) groups is 1. The van der Waals surface area contributed by atoms with E-state index in [0.717, 1.165) is 25.1 Å². The highest BCUT2D eigenvalue weighted by molar-refractivity contribution is 6.31. The summed E-state index contributed by atoms with van der Waals surface area (Å²) in [5, 5.41) is 2.82. The lowest BCUT2D eigenvalue weighted by Crippen LogP contribution is -2.44. The second-order valence-electron chi connectivity index (χ2n) is 5.68. The fourth-order valence-corrected chi connectivity index (χ4v) is 3.23. The summed E-state index contributed by atoms with van der Waals surface area (Å²) in [6.45, 7) is 3.53. The molecule has 122 valence electrons. The van der Waals surface area contributed by atoms with Crippen molar-refractivity contribution in [2.24, 2.45) is 0 Å². The highest BCUT2D eigenvalue weighted by atomic mass is 35.5. The number of urea groups is 1. The fraction of sp³-hybridized carbons (Fsp3) is 0.353. The summed E-state index contributed by atoms with van der Waals surface area (Å²) >= 11 is 5.77. The minimum Gasteiger partial charge on any atom is -0.348 e. The van der Waals surface area contributed by atoms with Gasteiger partial charge in [0.25, 0.3) is 0 Å². The maximum absolute atomic E-state index is 13.2. The zero-order valence-electron chi connectivity index (χ0n) is 12.9. The van der Waals surface area contributed by atoms with Crippen molar-refractivity contribution >= 4 is 23.3 Å². The van der Waals surface area contributed by atoms with E-state index in [1.54, 1.807) is 0 Å². The number of nitrogens with one attached hydrogen (secondary N) is 1. The Labute approximate surface area is 139 Å². The van der Waals surface area contributed by atoms with Crippen LogP contribution in [0.4, 0.5) is 14.9 Å². The molecule has 2 aromatic rings. The minimum atomic E-state index is -0.496. The Hall–Kier alpha value is -2.01. The Balaban J connectivity index is 1.79. The number of hydrogen-bond acceptors (Lipinski definition) is 1. The number of benzene rings is 1. The molecule has 6 heteroatoms. The van der Waals surface area contributed by atoms with E-state index in [4.69, 9.17) is 11.6 Å². The summed E-state index contributed by atoms with van der Waals surface area (Å²) in [5.41, 5.74) is 1.66. The smallest absolute Gasteiger partial charge is 0.322 e. The molecule has 2 heterocycles. The van der Waals surface area contributed by atoms with E-state index in [0.29, 0.717) is 12.2 Å². The molecule has 0 spiro atoms. The first kappa shape index (κ1) is 15.9. The maximum atomic E-state index is 13.2. The molecule has 0 radical (unpaired) electrons. The molecular formula is C17H19ClFN3O. The second kappa shape index (κ2) is 6.62. The van der Waals surface area contributed by atoms with E-state index in [2.05, 4.69) is 22.9 Å². The van der Waals surface area contributed by atoms with E-state index < -0.39 is 5.82 Å². The summed E-state index contributed by atoms with van der Waals surface area (Å²) in [5.74, 6) is -0.496. The van der Waals surface area contributed by atoms with Gasteiger partial charge in [-0.3, -0.25) is 0 Å². The molecule has 0 unspecified atom stereocenters. The molecule has 2 amide bonds. The number of nitrogens with zero attached hydrogens (tertiary/aromatic N) is 2. The molecule has 0 bridgehead atoms. The number of halogens is 2. The van der Waals surface area contributed by atoms with Gasteiger partial charge in [-0.25, -0.2) is 9.18 Å². The number of amides is 2. The molecule has 1 atom stereocenters. The Morgan fingerprint density at radius 1 is 1.39 bits per heavy atom. The van der Waals surface area contributed by atoms with Crippen molar-refractivity contribution in [2.45, 2.75) is 32.4 Å². The number of anilines is 1. The average molecular weight is 336 g/mol. The van der Waals surface area contributed by atoms with E-state index in [9.17, 15) is 9.18 Å². The van der Waals surface area contributed by atoms with E-state index in [1.165, 1.54) is 18.2 Å². The Morgan fingerprint density at radius 3 is 2.96 bits per heavy atom. The van der Waals surface area contributed by atoms with Crippen LogP contribution < -0.4 is 5.32 Å².